The zero-order chi connectivity index (χ0) is 13.8. The third-order valence-corrected chi connectivity index (χ3v) is 4.25. The third-order valence-electron chi connectivity index (χ3n) is 3.44. The van der Waals surface area contributed by atoms with E-state index in [1.54, 1.807) is 30.1 Å². The lowest BCUT2D eigenvalue weighted by Gasteiger charge is -2.28. The Balaban J connectivity index is 2.03. The third kappa shape index (κ3) is 3.62. The molecular formula is C14H18Cl2N2O. The molecule has 1 fully saturated rings. The molecule has 1 aromatic carbocycles. The largest absolute Gasteiger partial charge is 0.340 e. The van der Waals surface area contributed by atoms with Gasteiger partial charge in [0.15, 0.2) is 0 Å². The van der Waals surface area contributed by atoms with Gasteiger partial charge >= 0.3 is 0 Å². The minimum absolute atomic E-state index is 0.0835. The van der Waals surface area contributed by atoms with Crippen LogP contribution >= 0.6 is 23.2 Å². The van der Waals surface area contributed by atoms with Crippen molar-refractivity contribution in [1.29, 1.82) is 0 Å². The molecule has 1 saturated heterocycles. The van der Waals surface area contributed by atoms with Gasteiger partial charge in [-0.2, -0.15) is 0 Å². The highest BCUT2D eigenvalue weighted by atomic mass is 35.5. The van der Waals surface area contributed by atoms with Crippen molar-refractivity contribution in [2.75, 3.05) is 20.1 Å². The van der Waals surface area contributed by atoms with Gasteiger partial charge < -0.3 is 10.2 Å². The normalized spacial score (nSPS) is 19.2. The van der Waals surface area contributed by atoms with E-state index in [2.05, 4.69) is 5.32 Å². The number of carbonyl (C=O) groups excluding carboxylic acids is 1. The Hall–Kier alpha value is -0.770. The van der Waals surface area contributed by atoms with E-state index in [-0.39, 0.29) is 5.91 Å². The van der Waals surface area contributed by atoms with Crippen LogP contribution in [0.15, 0.2) is 18.2 Å². The first-order chi connectivity index (χ1) is 9.09. The van der Waals surface area contributed by atoms with Gasteiger partial charge in [-0.15, -0.1) is 0 Å². The number of rotatable bonds is 3. The van der Waals surface area contributed by atoms with Crippen LogP contribution in [-0.2, 0) is 0 Å². The van der Waals surface area contributed by atoms with E-state index in [0.717, 1.165) is 13.0 Å². The van der Waals surface area contributed by atoms with Crippen LogP contribution in [0.1, 0.15) is 29.6 Å². The van der Waals surface area contributed by atoms with Gasteiger partial charge in [0, 0.05) is 19.6 Å². The Kier molecular flexibility index (Phi) is 5.08. The summed E-state index contributed by atoms with van der Waals surface area (Å²) in [6, 6.07) is 5.51. The van der Waals surface area contributed by atoms with Crippen molar-refractivity contribution in [3.8, 4) is 0 Å². The second-order valence-electron chi connectivity index (χ2n) is 4.93. The summed E-state index contributed by atoms with van der Waals surface area (Å²) in [4.78, 5) is 14.1. The smallest absolute Gasteiger partial charge is 0.255 e. The first-order valence-electron chi connectivity index (χ1n) is 6.52. The summed E-state index contributed by atoms with van der Waals surface area (Å²) in [5.74, 6) is -0.0835. The predicted octanol–water partition coefficient (Wildman–Crippen LogP) is 3.21. The average Bonchev–Trinajstić information content (AvgIpc) is 2.42. The van der Waals surface area contributed by atoms with Crippen LogP contribution in [0.2, 0.25) is 10.0 Å². The van der Waals surface area contributed by atoms with Gasteiger partial charge in [-0.25, -0.2) is 0 Å². The fourth-order valence-corrected chi connectivity index (χ4v) is 2.75. The molecule has 1 amide bonds. The second kappa shape index (κ2) is 6.60. The van der Waals surface area contributed by atoms with E-state index in [1.807, 2.05) is 0 Å². The van der Waals surface area contributed by atoms with Gasteiger partial charge in [0.05, 0.1) is 15.6 Å². The van der Waals surface area contributed by atoms with Crippen molar-refractivity contribution in [2.24, 2.45) is 0 Å². The van der Waals surface area contributed by atoms with Crippen molar-refractivity contribution in [2.45, 2.75) is 25.3 Å². The molecule has 1 unspecified atom stereocenters. The quantitative estimate of drug-likeness (QED) is 0.930. The van der Waals surface area contributed by atoms with Crippen LogP contribution in [0.5, 0.6) is 0 Å². The standard InChI is InChI=1S/C14H18Cl2N2O/c1-18(9-10-5-2-3-8-17-10)14(19)11-6-4-7-12(15)13(11)16/h4,6-7,10,17H,2-3,5,8-9H2,1H3. The number of benzene rings is 1. The number of nitrogens with one attached hydrogen (secondary N) is 1. The second-order valence-corrected chi connectivity index (χ2v) is 5.72. The minimum Gasteiger partial charge on any atom is -0.340 e. The molecule has 1 N–H and O–H groups in total. The van der Waals surface area contributed by atoms with E-state index >= 15 is 0 Å². The van der Waals surface area contributed by atoms with Gasteiger partial charge in [-0.05, 0) is 31.5 Å². The molecule has 1 atom stereocenters. The Bertz CT molecular complexity index is 459. The molecule has 0 saturated carbocycles. The lowest BCUT2D eigenvalue weighted by molar-refractivity contribution is 0.0775. The summed E-state index contributed by atoms with van der Waals surface area (Å²) < 4.78 is 0. The van der Waals surface area contributed by atoms with Crippen molar-refractivity contribution >= 4 is 29.1 Å². The number of hydrogen-bond acceptors (Lipinski definition) is 2. The Morgan fingerprint density at radius 1 is 1.42 bits per heavy atom. The summed E-state index contributed by atoms with van der Waals surface area (Å²) in [6.45, 7) is 1.73. The van der Waals surface area contributed by atoms with E-state index < -0.39 is 0 Å². The topological polar surface area (TPSA) is 32.3 Å². The first-order valence-corrected chi connectivity index (χ1v) is 7.28. The maximum absolute atomic E-state index is 12.3. The van der Waals surface area contributed by atoms with Crippen LogP contribution in [0.3, 0.4) is 0 Å². The van der Waals surface area contributed by atoms with Gasteiger partial charge in [0.2, 0.25) is 0 Å². The molecule has 1 heterocycles. The number of nitrogens with zero attached hydrogens (tertiary/aromatic N) is 1. The van der Waals surface area contributed by atoms with Crippen LogP contribution in [0, 0.1) is 0 Å². The zero-order valence-electron chi connectivity index (χ0n) is 11.0. The summed E-state index contributed by atoms with van der Waals surface area (Å²) in [5, 5.41) is 4.17. The highest BCUT2D eigenvalue weighted by Crippen LogP contribution is 2.26. The highest BCUT2D eigenvalue weighted by Gasteiger charge is 2.20. The number of likely N-dealkylation sites (N-methyl/N-ethyl adjacent to an activating group) is 1. The SMILES string of the molecule is CN(CC1CCCCN1)C(=O)c1cccc(Cl)c1Cl. The molecule has 1 aliphatic rings. The zero-order valence-corrected chi connectivity index (χ0v) is 12.5. The van der Waals surface area contributed by atoms with Crippen molar-refractivity contribution in [3.05, 3.63) is 33.8 Å². The molecule has 3 nitrogen and oxygen atoms in total. The molecule has 0 radical (unpaired) electrons. The lowest BCUT2D eigenvalue weighted by atomic mass is 10.0. The Morgan fingerprint density at radius 2 is 2.21 bits per heavy atom. The maximum Gasteiger partial charge on any atom is 0.255 e. The average molecular weight is 301 g/mol. The number of amides is 1. The summed E-state index contributed by atoms with van der Waals surface area (Å²) >= 11 is 12.0. The molecule has 0 aliphatic carbocycles. The van der Waals surface area contributed by atoms with E-state index in [4.69, 9.17) is 23.2 Å². The van der Waals surface area contributed by atoms with E-state index in [1.165, 1.54) is 12.8 Å². The fraction of sp³-hybridized carbons (Fsp3) is 0.500. The van der Waals surface area contributed by atoms with Crippen molar-refractivity contribution < 1.29 is 4.79 Å². The lowest BCUT2D eigenvalue weighted by Crippen LogP contribution is -2.44. The molecule has 104 valence electrons. The van der Waals surface area contributed by atoms with Crippen LogP contribution < -0.4 is 5.32 Å². The number of halogens is 2. The number of carbonyl (C=O) groups is 1. The molecule has 19 heavy (non-hydrogen) atoms. The molecule has 1 aliphatic heterocycles. The predicted molar refractivity (Wildman–Crippen MR) is 79.1 cm³/mol. The first kappa shape index (κ1) is 14.6. The molecule has 0 aromatic heterocycles. The number of hydrogen-bond donors (Lipinski definition) is 1. The van der Waals surface area contributed by atoms with Crippen molar-refractivity contribution in [3.63, 3.8) is 0 Å². The highest BCUT2D eigenvalue weighted by molar-refractivity contribution is 6.43. The summed E-state index contributed by atoms with van der Waals surface area (Å²) in [7, 11) is 1.80. The molecule has 2 rings (SSSR count). The molecule has 5 heteroatoms. The number of piperidine rings is 1. The van der Waals surface area contributed by atoms with Gasteiger partial charge in [-0.3, -0.25) is 4.79 Å². The van der Waals surface area contributed by atoms with E-state index in [9.17, 15) is 4.79 Å². The molecular weight excluding hydrogens is 283 g/mol. The van der Waals surface area contributed by atoms with Crippen LogP contribution in [0.4, 0.5) is 0 Å². The molecule has 1 aromatic rings. The monoisotopic (exact) mass is 300 g/mol. The van der Waals surface area contributed by atoms with Crippen molar-refractivity contribution in [1.82, 2.24) is 10.2 Å². The maximum atomic E-state index is 12.3. The van der Waals surface area contributed by atoms with Gasteiger partial charge in [-0.1, -0.05) is 35.7 Å². The van der Waals surface area contributed by atoms with Gasteiger partial charge in [0.25, 0.3) is 5.91 Å². The fourth-order valence-electron chi connectivity index (χ4n) is 2.37. The van der Waals surface area contributed by atoms with Crippen LogP contribution in [-0.4, -0.2) is 37.0 Å². The van der Waals surface area contributed by atoms with Gasteiger partial charge in [0.1, 0.15) is 0 Å². The molecule has 0 spiro atoms. The minimum atomic E-state index is -0.0835. The summed E-state index contributed by atoms with van der Waals surface area (Å²) in [5.41, 5.74) is 0.465. The Labute approximate surface area is 123 Å². The van der Waals surface area contributed by atoms with Crippen LogP contribution in [0.25, 0.3) is 0 Å². The molecule has 0 bridgehead atoms. The summed E-state index contributed by atoms with van der Waals surface area (Å²) in [6.07, 6.45) is 3.55. The Morgan fingerprint density at radius 3 is 2.89 bits per heavy atom. The van der Waals surface area contributed by atoms with E-state index in [0.29, 0.717) is 28.2 Å².